The number of piperidine rings is 1. The summed E-state index contributed by atoms with van der Waals surface area (Å²) in [6.07, 6.45) is 4.46. The number of amides is 2. The standard InChI is InChI=1S/C18H23FN4O3S/c1-27(25,26)12-13-3-2-8-23(11-13)18(24)20-9-15-10-21-22-17(15)14-4-6-16(19)7-5-14/h4-7,10,13H,2-3,8-9,11-12H2,1H3,(H,20,24)(H,21,22)/t13-/m0/s1. The molecule has 1 aromatic carbocycles. The predicted octanol–water partition coefficient (Wildman–Crippen LogP) is 2.18. The summed E-state index contributed by atoms with van der Waals surface area (Å²) in [7, 11) is -3.06. The Balaban J connectivity index is 1.60. The number of nitrogens with zero attached hydrogens (tertiary/aromatic N) is 2. The Morgan fingerprint density at radius 1 is 1.37 bits per heavy atom. The van der Waals surface area contributed by atoms with Gasteiger partial charge in [0.15, 0.2) is 0 Å². The Labute approximate surface area is 157 Å². The first kappa shape index (κ1) is 19.3. The van der Waals surface area contributed by atoms with Gasteiger partial charge in [-0.2, -0.15) is 5.10 Å². The second-order valence-corrected chi connectivity index (χ2v) is 9.17. The van der Waals surface area contributed by atoms with Gasteiger partial charge in [-0.25, -0.2) is 17.6 Å². The highest BCUT2D eigenvalue weighted by Gasteiger charge is 2.26. The van der Waals surface area contributed by atoms with E-state index in [1.165, 1.54) is 18.4 Å². The third kappa shape index (κ3) is 5.29. The van der Waals surface area contributed by atoms with E-state index < -0.39 is 9.84 Å². The molecular weight excluding hydrogens is 371 g/mol. The molecule has 1 fully saturated rings. The van der Waals surface area contributed by atoms with E-state index in [0.29, 0.717) is 13.1 Å². The maximum atomic E-state index is 13.1. The topological polar surface area (TPSA) is 95.2 Å². The van der Waals surface area contributed by atoms with Crippen LogP contribution in [-0.4, -0.2) is 54.6 Å². The number of halogens is 1. The summed E-state index contributed by atoms with van der Waals surface area (Å²) >= 11 is 0. The lowest BCUT2D eigenvalue weighted by Gasteiger charge is -2.32. The smallest absolute Gasteiger partial charge is 0.317 e. The highest BCUT2D eigenvalue weighted by Crippen LogP contribution is 2.22. The Morgan fingerprint density at radius 3 is 2.81 bits per heavy atom. The van der Waals surface area contributed by atoms with Crippen LogP contribution in [0.3, 0.4) is 0 Å². The van der Waals surface area contributed by atoms with Gasteiger partial charge in [-0.05, 0) is 43.0 Å². The number of urea groups is 1. The summed E-state index contributed by atoms with van der Waals surface area (Å²) in [5.74, 6) is -0.238. The van der Waals surface area contributed by atoms with Gasteiger partial charge in [0, 0.05) is 37.0 Å². The van der Waals surface area contributed by atoms with E-state index in [0.717, 1.165) is 29.7 Å². The van der Waals surface area contributed by atoms with Gasteiger partial charge in [0.2, 0.25) is 0 Å². The van der Waals surface area contributed by atoms with Gasteiger partial charge in [0.1, 0.15) is 15.7 Å². The van der Waals surface area contributed by atoms with E-state index in [1.807, 2.05) is 0 Å². The van der Waals surface area contributed by atoms with Crippen LogP contribution < -0.4 is 5.32 Å². The number of likely N-dealkylation sites (tertiary alicyclic amines) is 1. The average molecular weight is 394 g/mol. The first-order chi connectivity index (χ1) is 12.8. The lowest BCUT2D eigenvalue weighted by atomic mass is 10.0. The van der Waals surface area contributed by atoms with Gasteiger partial charge in [0.25, 0.3) is 0 Å². The van der Waals surface area contributed by atoms with Crippen LogP contribution in [0.2, 0.25) is 0 Å². The van der Waals surface area contributed by atoms with Crippen molar-refractivity contribution in [2.45, 2.75) is 19.4 Å². The largest absolute Gasteiger partial charge is 0.334 e. The first-order valence-electron chi connectivity index (χ1n) is 8.80. The number of sulfone groups is 1. The Bertz CT molecular complexity index is 896. The molecule has 2 heterocycles. The second-order valence-electron chi connectivity index (χ2n) is 6.98. The second kappa shape index (κ2) is 8.08. The van der Waals surface area contributed by atoms with Gasteiger partial charge in [-0.15, -0.1) is 0 Å². The molecule has 1 aliphatic heterocycles. The molecular formula is C18H23FN4O3S. The van der Waals surface area contributed by atoms with Gasteiger partial charge in [-0.1, -0.05) is 0 Å². The number of hydrogen-bond donors (Lipinski definition) is 2. The van der Waals surface area contributed by atoms with Crippen LogP contribution >= 0.6 is 0 Å². The number of carbonyl (C=O) groups is 1. The number of rotatable bonds is 5. The molecule has 2 aromatic rings. The molecule has 9 heteroatoms. The molecule has 3 rings (SSSR count). The molecule has 0 unspecified atom stereocenters. The Morgan fingerprint density at radius 2 is 2.11 bits per heavy atom. The molecule has 0 aliphatic carbocycles. The van der Waals surface area contributed by atoms with Crippen LogP contribution in [0, 0.1) is 11.7 Å². The van der Waals surface area contributed by atoms with E-state index in [1.54, 1.807) is 23.2 Å². The van der Waals surface area contributed by atoms with E-state index in [-0.39, 0.29) is 30.1 Å². The molecule has 0 radical (unpaired) electrons. The average Bonchev–Trinajstić information content (AvgIpc) is 3.07. The fourth-order valence-corrected chi connectivity index (χ4v) is 4.54. The van der Waals surface area contributed by atoms with Crippen molar-refractivity contribution in [1.29, 1.82) is 0 Å². The lowest BCUT2D eigenvalue weighted by Crippen LogP contribution is -2.46. The van der Waals surface area contributed by atoms with E-state index >= 15 is 0 Å². The monoisotopic (exact) mass is 394 g/mol. The van der Waals surface area contributed by atoms with Crippen LogP contribution in [0.25, 0.3) is 11.3 Å². The quantitative estimate of drug-likeness (QED) is 0.813. The normalized spacial score (nSPS) is 17.7. The molecule has 0 saturated carbocycles. The van der Waals surface area contributed by atoms with Crippen molar-refractivity contribution in [3.05, 3.63) is 41.8 Å². The Kier molecular flexibility index (Phi) is 5.79. The number of benzene rings is 1. The molecule has 1 atom stereocenters. The number of nitrogens with one attached hydrogen (secondary N) is 2. The molecule has 27 heavy (non-hydrogen) atoms. The zero-order chi connectivity index (χ0) is 19.4. The van der Waals surface area contributed by atoms with Crippen LogP contribution in [0.5, 0.6) is 0 Å². The molecule has 2 amide bonds. The molecule has 1 saturated heterocycles. The number of H-pyrrole nitrogens is 1. The Hall–Kier alpha value is -2.42. The fourth-order valence-electron chi connectivity index (χ4n) is 3.41. The van der Waals surface area contributed by atoms with E-state index in [4.69, 9.17) is 0 Å². The van der Waals surface area contributed by atoms with Crippen molar-refractivity contribution in [1.82, 2.24) is 20.4 Å². The van der Waals surface area contributed by atoms with Crippen molar-refractivity contribution >= 4 is 15.9 Å². The van der Waals surface area contributed by atoms with Gasteiger partial charge in [-0.3, -0.25) is 5.10 Å². The van der Waals surface area contributed by atoms with Gasteiger partial charge < -0.3 is 10.2 Å². The van der Waals surface area contributed by atoms with Gasteiger partial charge >= 0.3 is 6.03 Å². The number of aromatic amines is 1. The summed E-state index contributed by atoms with van der Waals surface area (Å²) in [6.45, 7) is 1.33. The van der Waals surface area contributed by atoms with Crippen molar-refractivity contribution in [2.24, 2.45) is 5.92 Å². The zero-order valence-electron chi connectivity index (χ0n) is 15.1. The summed E-state index contributed by atoms with van der Waals surface area (Å²) in [6, 6.07) is 5.81. The summed E-state index contributed by atoms with van der Waals surface area (Å²) in [5, 5.41) is 9.75. The highest BCUT2D eigenvalue weighted by atomic mass is 32.2. The summed E-state index contributed by atoms with van der Waals surface area (Å²) in [5.41, 5.74) is 2.30. The summed E-state index contributed by atoms with van der Waals surface area (Å²) < 4.78 is 36.1. The highest BCUT2D eigenvalue weighted by molar-refractivity contribution is 7.90. The fraction of sp³-hybridized carbons (Fsp3) is 0.444. The molecule has 0 spiro atoms. The minimum atomic E-state index is -3.06. The summed E-state index contributed by atoms with van der Waals surface area (Å²) in [4.78, 5) is 14.1. The molecule has 1 aromatic heterocycles. The van der Waals surface area contributed by atoms with E-state index in [9.17, 15) is 17.6 Å². The van der Waals surface area contributed by atoms with Crippen LogP contribution in [0.1, 0.15) is 18.4 Å². The third-order valence-corrected chi connectivity index (χ3v) is 5.70. The van der Waals surface area contributed by atoms with Crippen molar-refractivity contribution < 1.29 is 17.6 Å². The van der Waals surface area contributed by atoms with E-state index in [2.05, 4.69) is 15.5 Å². The number of carbonyl (C=O) groups excluding carboxylic acids is 1. The number of hydrogen-bond acceptors (Lipinski definition) is 4. The third-order valence-electron chi connectivity index (χ3n) is 4.63. The molecule has 1 aliphatic rings. The van der Waals surface area contributed by atoms with Gasteiger partial charge in [0.05, 0.1) is 17.6 Å². The molecule has 0 bridgehead atoms. The minimum Gasteiger partial charge on any atom is -0.334 e. The van der Waals surface area contributed by atoms with Crippen LogP contribution in [0.4, 0.5) is 9.18 Å². The number of aromatic nitrogens is 2. The maximum absolute atomic E-state index is 13.1. The van der Waals surface area contributed by atoms with Crippen molar-refractivity contribution in [3.63, 3.8) is 0 Å². The SMILES string of the molecule is CS(=O)(=O)C[C@H]1CCCN(C(=O)NCc2cn[nH]c2-c2ccc(F)cc2)C1. The van der Waals surface area contributed by atoms with Crippen LogP contribution in [-0.2, 0) is 16.4 Å². The van der Waals surface area contributed by atoms with Crippen molar-refractivity contribution in [2.75, 3.05) is 25.1 Å². The zero-order valence-corrected chi connectivity index (χ0v) is 15.9. The van der Waals surface area contributed by atoms with Crippen LogP contribution in [0.15, 0.2) is 30.5 Å². The van der Waals surface area contributed by atoms with Crippen molar-refractivity contribution in [3.8, 4) is 11.3 Å². The minimum absolute atomic E-state index is 0.0248. The maximum Gasteiger partial charge on any atom is 0.317 e. The predicted molar refractivity (Wildman–Crippen MR) is 100 cm³/mol. The molecule has 146 valence electrons. The molecule has 2 N–H and O–H groups in total. The lowest BCUT2D eigenvalue weighted by molar-refractivity contribution is 0.170. The first-order valence-corrected chi connectivity index (χ1v) is 10.9. The molecule has 7 nitrogen and oxygen atoms in total.